The number of carbonyl (C=O) groups excluding carboxylic acids is 1. The third-order valence-electron chi connectivity index (χ3n) is 3.38. The molecule has 1 fully saturated rings. The zero-order valence-electron chi connectivity index (χ0n) is 11.4. The van der Waals surface area contributed by atoms with E-state index in [2.05, 4.69) is 10.6 Å². The molecular formula is C14H20N2O2S. The van der Waals surface area contributed by atoms with Crippen molar-refractivity contribution in [1.82, 2.24) is 5.32 Å². The Morgan fingerprint density at radius 3 is 2.74 bits per heavy atom. The van der Waals surface area contributed by atoms with Crippen molar-refractivity contribution in [3.05, 3.63) is 29.8 Å². The Morgan fingerprint density at radius 2 is 2.16 bits per heavy atom. The van der Waals surface area contributed by atoms with Gasteiger partial charge >= 0.3 is 6.03 Å². The summed E-state index contributed by atoms with van der Waals surface area (Å²) in [6.07, 6.45) is 0.985. The summed E-state index contributed by atoms with van der Waals surface area (Å²) in [6, 6.07) is 7.55. The summed E-state index contributed by atoms with van der Waals surface area (Å²) < 4.78 is 5.55. The van der Waals surface area contributed by atoms with E-state index in [0.717, 1.165) is 23.6 Å². The Hall–Kier alpha value is -1.20. The number of urea groups is 1. The number of nitrogens with one attached hydrogen (secondary N) is 2. The number of amides is 2. The predicted molar refractivity (Wildman–Crippen MR) is 79.9 cm³/mol. The van der Waals surface area contributed by atoms with E-state index in [4.69, 9.17) is 4.74 Å². The molecule has 1 heterocycles. The second-order valence-electron chi connectivity index (χ2n) is 4.86. The number of thioether (sulfide) groups is 1. The molecule has 2 rings (SSSR count). The first kappa shape index (κ1) is 14.2. The van der Waals surface area contributed by atoms with Crippen molar-refractivity contribution in [3.63, 3.8) is 0 Å². The van der Waals surface area contributed by atoms with Gasteiger partial charge in [0.05, 0.1) is 5.60 Å². The molecule has 1 unspecified atom stereocenters. The van der Waals surface area contributed by atoms with Crippen LogP contribution in [-0.2, 0) is 4.74 Å². The molecule has 104 valence electrons. The Kier molecular flexibility index (Phi) is 4.71. The Morgan fingerprint density at radius 1 is 1.42 bits per heavy atom. The zero-order chi connectivity index (χ0) is 13.7. The van der Waals surface area contributed by atoms with E-state index in [-0.39, 0.29) is 11.6 Å². The maximum absolute atomic E-state index is 11.8. The van der Waals surface area contributed by atoms with Gasteiger partial charge in [-0.1, -0.05) is 17.7 Å². The first-order valence-electron chi connectivity index (χ1n) is 6.38. The van der Waals surface area contributed by atoms with Gasteiger partial charge in [0.1, 0.15) is 0 Å². The highest BCUT2D eigenvalue weighted by atomic mass is 32.2. The van der Waals surface area contributed by atoms with Crippen molar-refractivity contribution in [3.8, 4) is 0 Å². The number of hydrogen-bond acceptors (Lipinski definition) is 3. The molecule has 1 aliphatic rings. The van der Waals surface area contributed by atoms with Gasteiger partial charge in [-0.15, -0.1) is 0 Å². The number of anilines is 1. The third-order valence-corrected chi connectivity index (χ3v) is 4.60. The second kappa shape index (κ2) is 6.30. The second-order valence-corrected chi connectivity index (χ2v) is 5.97. The molecule has 2 N–H and O–H groups in total. The summed E-state index contributed by atoms with van der Waals surface area (Å²) in [4.78, 5) is 11.8. The van der Waals surface area contributed by atoms with Gasteiger partial charge in [0.25, 0.3) is 0 Å². The van der Waals surface area contributed by atoms with Gasteiger partial charge in [-0.25, -0.2) is 4.79 Å². The van der Waals surface area contributed by atoms with Crippen molar-refractivity contribution in [2.45, 2.75) is 18.9 Å². The minimum Gasteiger partial charge on any atom is -0.376 e. The van der Waals surface area contributed by atoms with Gasteiger partial charge in [0, 0.05) is 25.1 Å². The maximum Gasteiger partial charge on any atom is 0.319 e. The lowest BCUT2D eigenvalue weighted by atomic mass is 10.0. The molecule has 0 aromatic heterocycles. The lowest BCUT2D eigenvalue weighted by Crippen LogP contribution is -2.45. The van der Waals surface area contributed by atoms with Crippen LogP contribution in [-0.4, -0.2) is 36.8 Å². The summed E-state index contributed by atoms with van der Waals surface area (Å²) >= 11 is 1.87. The van der Waals surface area contributed by atoms with Crippen molar-refractivity contribution in [2.75, 3.05) is 30.5 Å². The lowest BCUT2D eigenvalue weighted by molar-refractivity contribution is 0.0161. The first-order valence-corrected chi connectivity index (χ1v) is 7.53. The monoisotopic (exact) mass is 280 g/mol. The third kappa shape index (κ3) is 3.88. The summed E-state index contributed by atoms with van der Waals surface area (Å²) in [5, 5.41) is 5.71. The van der Waals surface area contributed by atoms with Gasteiger partial charge in [-0.3, -0.25) is 0 Å². The van der Waals surface area contributed by atoms with Crippen LogP contribution in [0, 0.1) is 6.92 Å². The predicted octanol–water partition coefficient (Wildman–Crippen LogP) is 2.64. The van der Waals surface area contributed by atoms with Gasteiger partial charge in [0.15, 0.2) is 0 Å². The number of benzene rings is 1. The molecule has 0 radical (unpaired) electrons. The van der Waals surface area contributed by atoms with Gasteiger partial charge in [0.2, 0.25) is 0 Å². The fraction of sp³-hybridized carbons (Fsp3) is 0.500. The molecule has 2 amide bonds. The number of ether oxygens (including phenoxy) is 1. The van der Waals surface area contributed by atoms with Crippen LogP contribution in [0.3, 0.4) is 0 Å². The minimum atomic E-state index is -0.199. The van der Waals surface area contributed by atoms with Crippen LogP contribution in [0.15, 0.2) is 24.3 Å². The molecule has 5 heteroatoms. The standard InChI is InChI=1S/C14H20N2O2S/c1-11-3-5-12(6-4-11)16-13(17)15-9-14(18-2)7-8-19-10-14/h3-6H,7-10H2,1-2H3,(H2,15,16,17). The molecule has 1 aromatic carbocycles. The van der Waals surface area contributed by atoms with Crippen LogP contribution in [0.5, 0.6) is 0 Å². The van der Waals surface area contributed by atoms with E-state index in [0.29, 0.717) is 6.54 Å². The summed E-state index contributed by atoms with van der Waals surface area (Å²) in [6.45, 7) is 2.57. The average molecular weight is 280 g/mol. The van der Waals surface area contributed by atoms with E-state index in [1.807, 2.05) is 43.0 Å². The highest BCUT2D eigenvalue weighted by molar-refractivity contribution is 7.99. The van der Waals surface area contributed by atoms with E-state index in [1.54, 1.807) is 7.11 Å². The summed E-state index contributed by atoms with van der Waals surface area (Å²) in [7, 11) is 1.71. The number of hydrogen-bond donors (Lipinski definition) is 2. The summed E-state index contributed by atoms with van der Waals surface area (Å²) in [5.74, 6) is 2.03. The van der Waals surface area contributed by atoms with Crippen LogP contribution < -0.4 is 10.6 Å². The minimum absolute atomic E-state index is 0.183. The molecule has 1 saturated heterocycles. The van der Waals surface area contributed by atoms with Gasteiger partial charge in [-0.05, 0) is 31.2 Å². The Balaban J connectivity index is 1.82. The van der Waals surface area contributed by atoms with Crippen LogP contribution >= 0.6 is 11.8 Å². The quantitative estimate of drug-likeness (QED) is 0.891. The van der Waals surface area contributed by atoms with Crippen LogP contribution in [0.1, 0.15) is 12.0 Å². The Bertz CT molecular complexity index is 428. The fourth-order valence-electron chi connectivity index (χ4n) is 2.01. The number of methoxy groups -OCH3 is 1. The van der Waals surface area contributed by atoms with Gasteiger partial charge < -0.3 is 15.4 Å². The van der Waals surface area contributed by atoms with E-state index < -0.39 is 0 Å². The van der Waals surface area contributed by atoms with Crippen molar-refractivity contribution >= 4 is 23.5 Å². The molecule has 1 atom stereocenters. The smallest absolute Gasteiger partial charge is 0.319 e. The molecular weight excluding hydrogens is 260 g/mol. The lowest BCUT2D eigenvalue weighted by Gasteiger charge is -2.26. The fourth-order valence-corrected chi connectivity index (χ4v) is 3.41. The van der Waals surface area contributed by atoms with Crippen LogP contribution in [0.25, 0.3) is 0 Å². The molecule has 0 spiro atoms. The maximum atomic E-state index is 11.8. The summed E-state index contributed by atoms with van der Waals surface area (Å²) in [5.41, 5.74) is 1.78. The molecule has 0 aliphatic carbocycles. The Labute approximate surface area is 118 Å². The molecule has 4 nitrogen and oxygen atoms in total. The van der Waals surface area contributed by atoms with Gasteiger partial charge in [-0.2, -0.15) is 11.8 Å². The van der Waals surface area contributed by atoms with E-state index >= 15 is 0 Å². The van der Waals surface area contributed by atoms with Crippen molar-refractivity contribution < 1.29 is 9.53 Å². The molecule has 19 heavy (non-hydrogen) atoms. The zero-order valence-corrected chi connectivity index (χ0v) is 12.2. The largest absolute Gasteiger partial charge is 0.376 e. The number of aryl methyl sites for hydroxylation is 1. The topological polar surface area (TPSA) is 50.4 Å². The van der Waals surface area contributed by atoms with Crippen LogP contribution in [0.2, 0.25) is 0 Å². The number of carbonyl (C=O) groups is 1. The van der Waals surface area contributed by atoms with Crippen molar-refractivity contribution in [1.29, 1.82) is 0 Å². The number of rotatable bonds is 4. The molecule has 0 saturated carbocycles. The average Bonchev–Trinajstić information content (AvgIpc) is 2.89. The highest BCUT2D eigenvalue weighted by Crippen LogP contribution is 2.30. The van der Waals surface area contributed by atoms with Crippen molar-refractivity contribution in [2.24, 2.45) is 0 Å². The highest BCUT2D eigenvalue weighted by Gasteiger charge is 2.34. The SMILES string of the molecule is COC1(CNC(=O)Nc2ccc(C)cc2)CCSC1. The van der Waals surface area contributed by atoms with E-state index in [1.165, 1.54) is 5.56 Å². The van der Waals surface area contributed by atoms with Crippen LogP contribution in [0.4, 0.5) is 10.5 Å². The molecule has 0 bridgehead atoms. The van der Waals surface area contributed by atoms with E-state index in [9.17, 15) is 4.79 Å². The molecule has 1 aliphatic heterocycles. The normalized spacial score (nSPS) is 22.2. The molecule has 1 aromatic rings. The first-order chi connectivity index (χ1) is 9.13.